The van der Waals surface area contributed by atoms with Crippen molar-refractivity contribution < 1.29 is 10.2 Å². The van der Waals surface area contributed by atoms with Gasteiger partial charge in [0.2, 0.25) is 0 Å². The van der Waals surface area contributed by atoms with Crippen molar-refractivity contribution in [3.05, 3.63) is 5.21 Å². The van der Waals surface area contributed by atoms with Gasteiger partial charge in [0.25, 0.3) is 0 Å². The maximum absolute atomic E-state index is 10.1. The molecule has 7 heavy (non-hydrogen) atoms. The molecule has 0 amide bonds. The molecule has 0 aromatic carbocycles. The summed E-state index contributed by atoms with van der Waals surface area (Å²) in [6.45, 7) is 1.09. The van der Waals surface area contributed by atoms with Crippen LogP contribution in [0.2, 0.25) is 0 Å². The second-order valence-corrected chi connectivity index (χ2v) is 1.41. The van der Waals surface area contributed by atoms with Crippen LogP contribution in [0.15, 0.2) is 0 Å². The molecule has 0 aliphatic rings. The maximum atomic E-state index is 10.1. The van der Waals surface area contributed by atoms with E-state index < -0.39 is 12.9 Å². The van der Waals surface area contributed by atoms with Crippen LogP contribution in [0.3, 0.4) is 0 Å². The summed E-state index contributed by atoms with van der Waals surface area (Å²) in [4.78, 5) is 0. The number of hydrogen-bond acceptors (Lipinski definition) is 3. The Morgan fingerprint density at radius 3 is 2.43 bits per heavy atom. The van der Waals surface area contributed by atoms with Crippen LogP contribution in [-0.2, 0) is 0 Å². The molecule has 0 saturated heterocycles. The first-order chi connectivity index (χ1) is 3.18. The molecule has 44 valence electrons. The minimum atomic E-state index is -0.523. The quantitative estimate of drug-likeness (QED) is 0.272. The molecular weight excluding hydrogens is 96.0 g/mol. The molecule has 0 bridgehead atoms. The van der Waals surface area contributed by atoms with Gasteiger partial charge in [-0.15, -0.1) is 0 Å². The molecule has 0 aliphatic heterocycles. The van der Waals surface area contributed by atoms with E-state index in [2.05, 4.69) is 0 Å². The number of hydrogen-bond donors (Lipinski definition) is 3. The molecule has 0 fully saturated rings. The fraction of sp³-hybridized carbons (Fsp3) is 1.00. The Labute approximate surface area is 42.1 Å². The van der Waals surface area contributed by atoms with Crippen molar-refractivity contribution in [3.63, 3.8) is 0 Å². The van der Waals surface area contributed by atoms with Crippen molar-refractivity contribution in [2.45, 2.75) is 13.1 Å². The smallest absolute Gasteiger partial charge is 0.179 e. The largest absolute Gasteiger partial charge is 0.631 e. The van der Waals surface area contributed by atoms with E-state index in [0.29, 0.717) is 0 Å². The lowest BCUT2D eigenvalue weighted by molar-refractivity contribution is -0.892. The first-order valence-corrected chi connectivity index (χ1v) is 2.07. The van der Waals surface area contributed by atoms with Gasteiger partial charge >= 0.3 is 0 Å². The van der Waals surface area contributed by atoms with E-state index in [1.165, 1.54) is 0 Å². The van der Waals surface area contributed by atoms with Crippen LogP contribution in [0.5, 0.6) is 0 Å². The summed E-state index contributed by atoms with van der Waals surface area (Å²) in [7, 11) is 0. The highest BCUT2D eigenvalue weighted by Gasteiger charge is 1.96. The molecule has 2 atom stereocenters. The highest BCUT2D eigenvalue weighted by molar-refractivity contribution is 4.25. The lowest BCUT2D eigenvalue weighted by Gasteiger charge is -2.22. The second kappa shape index (κ2) is 2.92. The van der Waals surface area contributed by atoms with E-state index in [0.717, 1.165) is 0 Å². The summed E-state index contributed by atoms with van der Waals surface area (Å²) in [6, 6.07) is 0. The summed E-state index contributed by atoms with van der Waals surface area (Å²) in [5.74, 6) is 0. The maximum Gasteiger partial charge on any atom is 0.179 e. The van der Waals surface area contributed by atoms with Crippen LogP contribution in [0.25, 0.3) is 0 Å². The summed E-state index contributed by atoms with van der Waals surface area (Å²) < 4.78 is 0. The summed E-state index contributed by atoms with van der Waals surface area (Å²) in [6.07, 6.45) is -0.523. The molecule has 4 N–H and O–H groups in total. The zero-order valence-corrected chi connectivity index (χ0v) is 4.22. The predicted octanol–water partition coefficient (Wildman–Crippen LogP) is -2.38. The number of nitrogens with one attached hydrogen (secondary N) is 1. The lowest BCUT2D eigenvalue weighted by atomic mass is 10.6. The van der Waals surface area contributed by atoms with Crippen molar-refractivity contribution in [2.75, 3.05) is 6.73 Å². The molecule has 0 spiro atoms. The molecule has 4 heteroatoms. The van der Waals surface area contributed by atoms with Crippen molar-refractivity contribution in [3.8, 4) is 0 Å². The van der Waals surface area contributed by atoms with Crippen LogP contribution in [0.4, 0.5) is 0 Å². The molecule has 0 heterocycles. The number of quaternary nitrogens is 1. The van der Waals surface area contributed by atoms with Crippen molar-refractivity contribution >= 4 is 0 Å². The van der Waals surface area contributed by atoms with Gasteiger partial charge < -0.3 is 15.4 Å². The van der Waals surface area contributed by atoms with Gasteiger partial charge in [-0.05, 0) is 0 Å². The number of aliphatic hydroxyl groups is 1. The number of hydroxylamine groups is 2. The van der Waals surface area contributed by atoms with E-state index in [4.69, 9.17) is 10.8 Å². The SMILES string of the molecule is C[C@H](N)[NH+]([O-])CO. The van der Waals surface area contributed by atoms with Gasteiger partial charge in [-0.1, -0.05) is 0 Å². The minimum absolute atomic E-state index is 0.319. The third-order valence-corrected chi connectivity index (χ3v) is 0.664. The molecule has 1 unspecified atom stereocenters. The normalized spacial score (nSPS) is 18.9. The molecular formula is C3H10N2O2. The Kier molecular flexibility index (Phi) is 2.86. The van der Waals surface area contributed by atoms with E-state index in [1.807, 2.05) is 0 Å². The zero-order valence-electron chi connectivity index (χ0n) is 4.22. The fourth-order valence-corrected chi connectivity index (χ4v) is 0.144. The van der Waals surface area contributed by atoms with E-state index in [9.17, 15) is 5.21 Å². The topological polar surface area (TPSA) is 73.8 Å². The standard InChI is InChI=1S/C3H10N2O2/c1-3(4)5(7)2-6/h3,5-6H,2,4H2,1H3/t3-/m1/s1. The van der Waals surface area contributed by atoms with Crippen LogP contribution >= 0.6 is 0 Å². The van der Waals surface area contributed by atoms with Gasteiger partial charge in [0.15, 0.2) is 6.73 Å². The van der Waals surface area contributed by atoms with E-state index in [1.54, 1.807) is 6.92 Å². The Bertz CT molecular complexity index is 48.2. The first-order valence-electron chi connectivity index (χ1n) is 2.07. The third-order valence-electron chi connectivity index (χ3n) is 0.664. The third kappa shape index (κ3) is 2.52. The van der Waals surface area contributed by atoms with E-state index >= 15 is 0 Å². The Balaban J connectivity index is 3.14. The van der Waals surface area contributed by atoms with Crippen LogP contribution in [0.1, 0.15) is 6.92 Å². The van der Waals surface area contributed by atoms with Crippen LogP contribution in [0, 0.1) is 5.21 Å². The van der Waals surface area contributed by atoms with Gasteiger partial charge in [-0.25, -0.2) is 0 Å². The molecule has 0 radical (unpaired) electrons. The average Bonchev–Trinajstić information content (AvgIpc) is 1.65. The molecule has 4 nitrogen and oxygen atoms in total. The van der Waals surface area contributed by atoms with Crippen molar-refractivity contribution in [1.29, 1.82) is 0 Å². The van der Waals surface area contributed by atoms with Crippen molar-refractivity contribution in [1.82, 2.24) is 0 Å². The van der Waals surface area contributed by atoms with Gasteiger partial charge in [-0.3, -0.25) is 5.73 Å². The highest BCUT2D eigenvalue weighted by atomic mass is 16.5. The van der Waals surface area contributed by atoms with Crippen LogP contribution < -0.4 is 10.8 Å². The number of nitrogens with two attached hydrogens (primary N) is 1. The molecule has 0 saturated carbocycles. The highest BCUT2D eigenvalue weighted by Crippen LogP contribution is 1.49. The summed E-state index contributed by atoms with van der Waals surface area (Å²) in [5, 5.41) is 17.9. The number of aliphatic hydroxyl groups excluding tert-OH is 1. The second-order valence-electron chi connectivity index (χ2n) is 1.41. The lowest BCUT2D eigenvalue weighted by Crippen LogP contribution is -3.12. The minimum Gasteiger partial charge on any atom is -0.631 e. The summed E-state index contributed by atoms with van der Waals surface area (Å²) >= 11 is 0. The Hall–Kier alpha value is -0.160. The fourth-order valence-electron chi connectivity index (χ4n) is 0.144. The average molecular weight is 106 g/mol. The molecule has 0 aliphatic carbocycles. The zero-order chi connectivity index (χ0) is 5.86. The van der Waals surface area contributed by atoms with Crippen molar-refractivity contribution in [2.24, 2.45) is 5.73 Å². The van der Waals surface area contributed by atoms with Gasteiger partial charge in [0.05, 0.1) is 0 Å². The molecule has 0 aromatic rings. The summed E-state index contributed by atoms with van der Waals surface area (Å²) in [5.41, 5.74) is 5.04. The monoisotopic (exact) mass is 106 g/mol. The van der Waals surface area contributed by atoms with Gasteiger partial charge in [-0.2, -0.15) is 0 Å². The Morgan fingerprint density at radius 1 is 2.00 bits per heavy atom. The predicted molar refractivity (Wildman–Crippen MR) is 25.1 cm³/mol. The van der Waals surface area contributed by atoms with Gasteiger partial charge in [0.1, 0.15) is 6.17 Å². The molecule has 0 rings (SSSR count). The Morgan fingerprint density at radius 2 is 2.43 bits per heavy atom. The first kappa shape index (κ1) is 6.84. The van der Waals surface area contributed by atoms with E-state index in [-0.39, 0.29) is 5.06 Å². The van der Waals surface area contributed by atoms with Gasteiger partial charge in [0, 0.05) is 6.92 Å². The molecule has 0 aromatic heterocycles. The number of rotatable bonds is 2. The van der Waals surface area contributed by atoms with Crippen LogP contribution in [-0.4, -0.2) is 18.0 Å².